The lowest BCUT2D eigenvalue weighted by Gasteiger charge is -2.18. The molecule has 0 bridgehead atoms. The highest BCUT2D eigenvalue weighted by Gasteiger charge is 2.19. The molecule has 0 spiro atoms. The Kier molecular flexibility index (Phi) is 50.0. The summed E-state index contributed by atoms with van der Waals surface area (Å²) in [4.78, 5) is 38.0. The maximum Gasteiger partial charge on any atom is 0.306 e. The molecule has 0 rings (SSSR count). The summed E-state index contributed by atoms with van der Waals surface area (Å²) in [5.41, 5.74) is 0. The van der Waals surface area contributed by atoms with Crippen molar-refractivity contribution in [1.82, 2.24) is 0 Å². The summed E-state index contributed by atoms with van der Waals surface area (Å²) < 4.78 is 16.7. The quantitative estimate of drug-likeness (QED) is 0.0262. The first-order valence-corrected chi connectivity index (χ1v) is 26.7. The molecule has 0 unspecified atom stereocenters. The van der Waals surface area contributed by atoms with E-state index in [1.165, 1.54) is 89.9 Å². The SMILES string of the molecule is CC/C=C\C/C=C\C/C=C\C/C=C\C/C=C\C/C=C\CCC(=O)OC[C@H](COC(=O)CCCCCCCCCCCCCCC)OC(=O)CCCCCCC/C=C\C/C=C\CCCCC. The Morgan fingerprint density at radius 3 is 1.06 bits per heavy atom. The van der Waals surface area contributed by atoms with Crippen LogP contribution in [0.2, 0.25) is 0 Å². The average Bonchev–Trinajstić information content (AvgIpc) is 3.30. The van der Waals surface area contributed by atoms with Gasteiger partial charge in [-0.3, -0.25) is 14.4 Å². The fourth-order valence-corrected chi connectivity index (χ4v) is 7.09. The number of allylic oxidation sites excluding steroid dienone is 16. The molecule has 0 aromatic carbocycles. The zero-order chi connectivity index (χ0) is 47.2. The van der Waals surface area contributed by atoms with Crippen molar-refractivity contribution in [2.45, 2.75) is 245 Å². The summed E-state index contributed by atoms with van der Waals surface area (Å²) in [5, 5.41) is 0. The van der Waals surface area contributed by atoms with E-state index in [1.54, 1.807) is 0 Å². The van der Waals surface area contributed by atoms with E-state index in [4.69, 9.17) is 14.2 Å². The molecule has 0 saturated heterocycles. The third-order valence-corrected chi connectivity index (χ3v) is 11.1. The first-order valence-electron chi connectivity index (χ1n) is 26.7. The summed E-state index contributed by atoms with van der Waals surface area (Å²) in [6.07, 6.45) is 69.7. The van der Waals surface area contributed by atoms with Crippen LogP contribution < -0.4 is 0 Å². The van der Waals surface area contributed by atoms with E-state index >= 15 is 0 Å². The average molecular weight is 903 g/mol. The lowest BCUT2D eigenvalue weighted by Crippen LogP contribution is -2.30. The number of unbranched alkanes of at least 4 members (excludes halogenated alkanes) is 20. The molecule has 6 nitrogen and oxygen atoms in total. The summed E-state index contributed by atoms with van der Waals surface area (Å²) in [6, 6.07) is 0. The van der Waals surface area contributed by atoms with Gasteiger partial charge in [0.05, 0.1) is 0 Å². The molecule has 0 fully saturated rings. The Labute approximate surface area is 400 Å². The summed E-state index contributed by atoms with van der Waals surface area (Å²) >= 11 is 0. The number of carbonyl (C=O) groups is 3. The third kappa shape index (κ3) is 51.2. The number of ether oxygens (including phenoxy) is 3. The Morgan fingerprint density at radius 1 is 0.323 bits per heavy atom. The van der Waals surface area contributed by atoms with E-state index in [9.17, 15) is 14.4 Å². The van der Waals surface area contributed by atoms with Gasteiger partial charge in [-0.25, -0.2) is 0 Å². The fourth-order valence-electron chi connectivity index (χ4n) is 7.09. The molecule has 0 aliphatic carbocycles. The molecule has 0 heterocycles. The molecule has 0 saturated carbocycles. The molecule has 0 amide bonds. The Bertz CT molecular complexity index is 1310. The normalized spacial score (nSPS) is 12.8. The maximum absolute atomic E-state index is 12.8. The van der Waals surface area contributed by atoms with Gasteiger partial charge in [0.2, 0.25) is 0 Å². The summed E-state index contributed by atoms with van der Waals surface area (Å²) in [5.74, 6) is -1.01. The number of rotatable bonds is 47. The molecule has 0 aliphatic rings. The second kappa shape index (κ2) is 52.9. The predicted molar refractivity (Wildman–Crippen MR) is 279 cm³/mol. The van der Waals surface area contributed by atoms with Gasteiger partial charge in [-0.1, -0.05) is 227 Å². The lowest BCUT2D eigenvalue weighted by atomic mass is 10.0. The van der Waals surface area contributed by atoms with Crippen LogP contribution in [-0.4, -0.2) is 37.2 Å². The van der Waals surface area contributed by atoms with Gasteiger partial charge in [-0.2, -0.15) is 0 Å². The fraction of sp³-hybridized carbons (Fsp3) is 0.678. The minimum atomic E-state index is -0.814. The highest BCUT2D eigenvalue weighted by atomic mass is 16.6. The second-order valence-electron chi connectivity index (χ2n) is 17.4. The van der Waals surface area contributed by atoms with Gasteiger partial charge in [0.15, 0.2) is 6.10 Å². The molecule has 1 atom stereocenters. The van der Waals surface area contributed by atoms with Crippen LogP contribution >= 0.6 is 0 Å². The number of carbonyl (C=O) groups excluding carboxylic acids is 3. The van der Waals surface area contributed by atoms with E-state index in [2.05, 4.69) is 112 Å². The highest BCUT2D eigenvalue weighted by Crippen LogP contribution is 2.14. The van der Waals surface area contributed by atoms with Gasteiger partial charge in [-0.15, -0.1) is 0 Å². The molecule has 6 heteroatoms. The molecule has 0 radical (unpaired) electrons. The molecule has 65 heavy (non-hydrogen) atoms. The predicted octanol–water partition coefficient (Wildman–Crippen LogP) is 17.8. The maximum atomic E-state index is 12.8. The van der Waals surface area contributed by atoms with Crippen molar-refractivity contribution in [1.29, 1.82) is 0 Å². The van der Waals surface area contributed by atoms with Gasteiger partial charge < -0.3 is 14.2 Å². The minimum Gasteiger partial charge on any atom is -0.462 e. The lowest BCUT2D eigenvalue weighted by molar-refractivity contribution is -0.166. The van der Waals surface area contributed by atoms with E-state index in [1.807, 2.05) is 6.08 Å². The molecular formula is C59H98O6. The summed E-state index contributed by atoms with van der Waals surface area (Å²) in [6.45, 7) is 6.42. The first-order chi connectivity index (χ1) is 32.0. The molecule has 370 valence electrons. The molecule has 0 N–H and O–H groups in total. The number of hydrogen-bond acceptors (Lipinski definition) is 6. The van der Waals surface area contributed by atoms with Crippen LogP contribution in [-0.2, 0) is 28.6 Å². The van der Waals surface area contributed by atoms with Gasteiger partial charge >= 0.3 is 17.9 Å². The monoisotopic (exact) mass is 903 g/mol. The van der Waals surface area contributed by atoms with Crippen molar-refractivity contribution in [2.75, 3.05) is 13.2 Å². The zero-order valence-corrected chi connectivity index (χ0v) is 42.2. The number of hydrogen-bond donors (Lipinski definition) is 0. The molecule has 0 aliphatic heterocycles. The minimum absolute atomic E-state index is 0.106. The standard InChI is InChI=1S/C59H98O6/c1-4-7-10-13-16-19-22-25-27-28-29-30-32-34-37-40-43-46-49-52-58(61)64-55-56(54-63-57(60)51-48-45-42-39-36-33-24-21-18-15-12-9-6-3)65-59(62)53-50-47-44-41-38-35-31-26-23-20-17-14-11-8-5-2/h7,10,16-17,19-20,25-27,29-31,34,37,43,46,56H,4-6,8-9,11-15,18,21-24,28,32-33,35-36,38-42,44-45,47-55H2,1-3H3/b10-7-,19-16-,20-17-,27-25-,30-29-,31-26-,37-34-,46-43-/t56-/m0/s1. The van der Waals surface area contributed by atoms with Crippen molar-refractivity contribution >= 4 is 17.9 Å². The zero-order valence-electron chi connectivity index (χ0n) is 42.2. The molecular weight excluding hydrogens is 805 g/mol. The van der Waals surface area contributed by atoms with Crippen LogP contribution in [0.4, 0.5) is 0 Å². The third-order valence-electron chi connectivity index (χ3n) is 11.1. The van der Waals surface area contributed by atoms with Crippen molar-refractivity contribution in [2.24, 2.45) is 0 Å². The topological polar surface area (TPSA) is 78.9 Å². The second-order valence-corrected chi connectivity index (χ2v) is 17.4. The van der Waals surface area contributed by atoms with Crippen molar-refractivity contribution < 1.29 is 28.6 Å². The Morgan fingerprint density at radius 2 is 0.631 bits per heavy atom. The smallest absolute Gasteiger partial charge is 0.306 e. The van der Waals surface area contributed by atoms with Crippen LogP contribution in [0.25, 0.3) is 0 Å². The largest absolute Gasteiger partial charge is 0.462 e. The van der Waals surface area contributed by atoms with E-state index in [0.717, 1.165) is 103 Å². The Balaban J connectivity index is 4.52. The summed E-state index contributed by atoms with van der Waals surface area (Å²) in [7, 11) is 0. The van der Waals surface area contributed by atoms with E-state index < -0.39 is 6.10 Å². The van der Waals surface area contributed by atoms with Crippen molar-refractivity contribution in [3.05, 3.63) is 97.2 Å². The van der Waals surface area contributed by atoms with Gasteiger partial charge in [0, 0.05) is 19.3 Å². The van der Waals surface area contributed by atoms with Gasteiger partial charge in [0.25, 0.3) is 0 Å². The molecule has 0 aromatic heterocycles. The van der Waals surface area contributed by atoms with Gasteiger partial charge in [-0.05, 0) is 89.9 Å². The Hall–Kier alpha value is -3.67. The van der Waals surface area contributed by atoms with E-state index in [0.29, 0.717) is 19.3 Å². The first kappa shape index (κ1) is 61.3. The van der Waals surface area contributed by atoms with Crippen LogP contribution in [0.15, 0.2) is 97.2 Å². The van der Waals surface area contributed by atoms with Crippen LogP contribution in [0.1, 0.15) is 239 Å². The number of esters is 3. The van der Waals surface area contributed by atoms with Crippen molar-refractivity contribution in [3.8, 4) is 0 Å². The van der Waals surface area contributed by atoms with E-state index in [-0.39, 0.29) is 37.5 Å². The molecule has 0 aromatic rings. The van der Waals surface area contributed by atoms with Crippen molar-refractivity contribution in [3.63, 3.8) is 0 Å². The highest BCUT2D eigenvalue weighted by molar-refractivity contribution is 5.71. The van der Waals surface area contributed by atoms with Crippen LogP contribution in [0, 0.1) is 0 Å². The van der Waals surface area contributed by atoms with Crippen LogP contribution in [0.5, 0.6) is 0 Å². The van der Waals surface area contributed by atoms with Gasteiger partial charge in [0.1, 0.15) is 13.2 Å². The van der Waals surface area contributed by atoms with Crippen LogP contribution in [0.3, 0.4) is 0 Å².